The Bertz CT molecular complexity index is 1760. The third-order valence-corrected chi connectivity index (χ3v) is 7.44. The summed E-state index contributed by atoms with van der Waals surface area (Å²) in [6.45, 7) is 1.02. The van der Waals surface area contributed by atoms with Gasteiger partial charge >= 0.3 is 0 Å². The van der Waals surface area contributed by atoms with Gasteiger partial charge in [-0.25, -0.2) is 39.4 Å². The molecule has 0 radical (unpaired) electrons. The van der Waals surface area contributed by atoms with Gasteiger partial charge < -0.3 is 4.74 Å². The lowest BCUT2D eigenvalue weighted by atomic mass is 10.0. The Morgan fingerprint density at radius 3 is 2.28 bits per heavy atom. The Labute approximate surface area is 220 Å². The quantitative estimate of drug-likeness (QED) is 0.227. The average Bonchev–Trinajstić information content (AvgIpc) is 2.86. The molecule has 15 heteroatoms. The number of hydrogen-bond donors (Lipinski definition) is 1. The molecular weight excluding hydrogens is 564 g/mol. The van der Waals surface area contributed by atoms with Crippen LogP contribution in [0.4, 0.5) is 23.2 Å². The molecule has 1 atom stereocenters. The van der Waals surface area contributed by atoms with Gasteiger partial charge in [0.05, 0.1) is 11.4 Å². The first-order chi connectivity index (χ1) is 18.2. The molecule has 0 saturated heterocycles. The summed E-state index contributed by atoms with van der Waals surface area (Å²) in [4.78, 5) is 11.5. The summed E-state index contributed by atoms with van der Waals surface area (Å²) in [5.74, 6) is -4.14. The smallest absolute Gasteiger partial charge is 0.274 e. The Morgan fingerprint density at radius 1 is 0.949 bits per heavy atom. The maximum absolute atomic E-state index is 15.3. The fourth-order valence-corrected chi connectivity index (χ4v) is 5.15. The van der Waals surface area contributed by atoms with Crippen molar-refractivity contribution in [3.8, 4) is 17.0 Å². The molecule has 1 N–H and O–H groups in total. The van der Waals surface area contributed by atoms with E-state index < -0.39 is 72.1 Å². The van der Waals surface area contributed by atoms with E-state index in [9.17, 15) is 25.6 Å². The van der Waals surface area contributed by atoms with Crippen LogP contribution in [0.3, 0.4) is 0 Å². The molecule has 39 heavy (non-hydrogen) atoms. The number of nitrogens with one attached hydrogen (secondary N) is 1. The van der Waals surface area contributed by atoms with E-state index >= 15 is 8.78 Å². The second-order valence-corrected chi connectivity index (χ2v) is 12.1. The monoisotopic (exact) mass is 584 g/mol. The number of alkyl halides is 2. The van der Waals surface area contributed by atoms with Gasteiger partial charge in [-0.3, -0.25) is 4.72 Å². The molecule has 2 aromatic carbocycles. The van der Waals surface area contributed by atoms with E-state index in [0.717, 1.165) is 31.5 Å². The second kappa shape index (κ2) is 10.7. The number of fused-ring (bicyclic) bond motifs is 1. The first-order valence-electron chi connectivity index (χ1n) is 11.1. The van der Waals surface area contributed by atoms with Gasteiger partial charge in [0.25, 0.3) is 6.43 Å². The lowest BCUT2D eigenvalue weighted by Crippen LogP contribution is -2.22. The van der Waals surface area contributed by atoms with Gasteiger partial charge in [0.2, 0.25) is 30.9 Å². The number of ether oxygens (including phenoxy) is 1. The number of aromatic nitrogens is 3. The minimum Gasteiger partial charge on any atom is -0.468 e. The van der Waals surface area contributed by atoms with Crippen molar-refractivity contribution in [2.45, 2.75) is 30.4 Å². The minimum absolute atomic E-state index is 0.0712. The fraction of sp³-hybridized carbons (Fsp3) is 0.208. The summed E-state index contributed by atoms with van der Waals surface area (Å²) in [6, 6.07) is 11.2. The lowest BCUT2D eigenvalue weighted by molar-refractivity contribution is 0.0206. The van der Waals surface area contributed by atoms with Crippen molar-refractivity contribution in [1.29, 1.82) is 0 Å². The summed E-state index contributed by atoms with van der Waals surface area (Å²) in [5, 5.41) is -0.519. The normalized spacial score (nSPS) is 13.0. The second-order valence-electron chi connectivity index (χ2n) is 8.47. The predicted octanol–water partition coefficient (Wildman–Crippen LogP) is 4.35. The van der Waals surface area contributed by atoms with Crippen LogP contribution in [-0.4, -0.2) is 50.6 Å². The Balaban J connectivity index is 1.78. The molecule has 0 fully saturated rings. The maximum Gasteiger partial charge on any atom is 0.274 e. The fourth-order valence-electron chi connectivity index (χ4n) is 3.45. The molecule has 4 aromatic rings. The van der Waals surface area contributed by atoms with Crippen LogP contribution in [-0.2, 0) is 25.6 Å². The number of benzene rings is 2. The van der Waals surface area contributed by atoms with Crippen LogP contribution < -0.4 is 9.46 Å². The molecule has 0 saturated carbocycles. The first-order valence-corrected chi connectivity index (χ1v) is 14.6. The van der Waals surface area contributed by atoms with E-state index in [4.69, 9.17) is 4.74 Å². The molecule has 0 aliphatic carbocycles. The number of sulfonamides is 1. The molecule has 2 aromatic heterocycles. The minimum atomic E-state index is -4.13. The van der Waals surface area contributed by atoms with E-state index in [1.165, 1.54) is 6.07 Å². The molecule has 0 aliphatic heterocycles. The lowest BCUT2D eigenvalue weighted by Gasteiger charge is -2.17. The van der Waals surface area contributed by atoms with Crippen molar-refractivity contribution in [2.24, 2.45) is 0 Å². The van der Waals surface area contributed by atoms with Gasteiger partial charge in [-0.2, -0.15) is 9.97 Å². The summed E-state index contributed by atoms with van der Waals surface area (Å²) in [6.07, 6.45) is -2.79. The molecule has 206 valence electrons. The van der Waals surface area contributed by atoms with Gasteiger partial charge in [-0.1, -0.05) is 30.3 Å². The van der Waals surface area contributed by atoms with Gasteiger partial charge in [-0.05, 0) is 30.7 Å². The third kappa shape index (κ3) is 6.42. The van der Waals surface area contributed by atoms with Crippen molar-refractivity contribution in [3.63, 3.8) is 0 Å². The summed E-state index contributed by atoms with van der Waals surface area (Å²) in [5.41, 5.74) is -1.28. The zero-order valence-corrected chi connectivity index (χ0v) is 21.9. The van der Waals surface area contributed by atoms with Crippen LogP contribution in [0, 0.1) is 11.6 Å². The number of anilines is 1. The summed E-state index contributed by atoms with van der Waals surface area (Å²) in [7, 11) is -7.97. The first kappa shape index (κ1) is 28.2. The number of hydrogen-bond acceptors (Lipinski definition) is 8. The summed E-state index contributed by atoms with van der Waals surface area (Å²) < 4.78 is 113. The van der Waals surface area contributed by atoms with Crippen molar-refractivity contribution in [2.75, 3.05) is 11.0 Å². The molecule has 9 nitrogen and oxygen atoms in total. The van der Waals surface area contributed by atoms with E-state index in [0.29, 0.717) is 5.56 Å². The highest BCUT2D eigenvalue weighted by Crippen LogP contribution is 2.36. The standard InChI is InChI=1S/C24H20F4N4O5S2/c1-13(21(27)28)37-23-17(10-15-11-29-24(38(2,33)34)31-22(15)30-23)16-8-9-18(20(26)19(16)25)32-39(35,36)12-14-6-4-3-5-7-14/h3-11,13,21,32H,12H2,1-2H3. The predicted molar refractivity (Wildman–Crippen MR) is 135 cm³/mol. The van der Waals surface area contributed by atoms with Crippen LogP contribution in [0.25, 0.3) is 22.2 Å². The highest BCUT2D eigenvalue weighted by molar-refractivity contribution is 7.92. The van der Waals surface area contributed by atoms with Gasteiger partial charge in [0.15, 0.2) is 23.4 Å². The Hall–Kier alpha value is -3.85. The molecule has 0 amide bonds. The molecule has 0 bridgehead atoms. The molecule has 2 heterocycles. The van der Waals surface area contributed by atoms with E-state index in [2.05, 4.69) is 15.0 Å². The van der Waals surface area contributed by atoms with Gasteiger partial charge in [0.1, 0.15) is 0 Å². The van der Waals surface area contributed by atoms with Crippen LogP contribution in [0.15, 0.2) is 59.9 Å². The Morgan fingerprint density at radius 2 is 1.64 bits per heavy atom. The van der Waals surface area contributed by atoms with E-state index in [1.807, 2.05) is 4.72 Å². The molecular formula is C24H20F4N4O5S2. The van der Waals surface area contributed by atoms with Crippen molar-refractivity contribution in [1.82, 2.24) is 15.0 Å². The highest BCUT2D eigenvalue weighted by Gasteiger charge is 2.25. The van der Waals surface area contributed by atoms with E-state index in [-0.39, 0.29) is 16.6 Å². The van der Waals surface area contributed by atoms with Crippen LogP contribution in [0.1, 0.15) is 12.5 Å². The largest absolute Gasteiger partial charge is 0.468 e. The molecule has 4 rings (SSSR count). The number of rotatable bonds is 9. The SMILES string of the molecule is CC(Oc1nc2nc(S(C)(=O)=O)ncc2cc1-c1ccc(NS(=O)(=O)Cc2ccccc2)c(F)c1F)C(F)F. The van der Waals surface area contributed by atoms with E-state index in [1.54, 1.807) is 30.3 Å². The van der Waals surface area contributed by atoms with Gasteiger partial charge in [-0.15, -0.1) is 0 Å². The topological polar surface area (TPSA) is 128 Å². The highest BCUT2D eigenvalue weighted by atomic mass is 32.2. The maximum atomic E-state index is 15.3. The van der Waals surface area contributed by atoms with Crippen molar-refractivity contribution in [3.05, 3.63) is 71.9 Å². The van der Waals surface area contributed by atoms with Crippen LogP contribution in [0.5, 0.6) is 5.88 Å². The number of sulfone groups is 1. The average molecular weight is 585 g/mol. The van der Waals surface area contributed by atoms with Crippen molar-refractivity contribution < 1.29 is 39.1 Å². The zero-order chi connectivity index (χ0) is 28.5. The summed E-state index contributed by atoms with van der Waals surface area (Å²) >= 11 is 0. The number of pyridine rings is 1. The van der Waals surface area contributed by atoms with Crippen molar-refractivity contribution >= 4 is 36.6 Å². The third-order valence-electron chi connectivity index (χ3n) is 5.33. The zero-order valence-electron chi connectivity index (χ0n) is 20.3. The molecule has 0 spiro atoms. The van der Waals surface area contributed by atoms with Crippen LogP contribution >= 0.6 is 0 Å². The molecule has 0 aliphatic rings. The number of halogens is 4. The van der Waals surface area contributed by atoms with Gasteiger partial charge in [0, 0.05) is 29.0 Å². The number of nitrogens with zero attached hydrogens (tertiary/aromatic N) is 3. The Kier molecular flexibility index (Phi) is 7.75. The molecule has 1 unspecified atom stereocenters. The van der Waals surface area contributed by atoms with Crippen LogP contribution in [0.2, 0.25) is 0 Å².